The van der Waals surface area contributed by atoms with Gasteiger partial charge in [0.05, 0.1) is 5.56 Å². The molecule has 0 aromatic carbocycles. The van der Waals surface area contributed by atoms with Gasteiger partial charge < -0.3 is 9.80 Å². The van der Waals surface area contributed by atoms with Crippen LogP contribution in [0, 0.1) is 5.92 Å². The zero-order chi connectivity index (χ0) is 13.8. The zero-order valence-corrected chi connectivity index (χ0v) is 11.4. The second-order valence-electron chi connectivity index (χ2n) is 5.01. The smallest absolute Gasteiger partial charge is 0.255 e. The van der Waals surface area contributed by atoms with Gasteiger partial charge in [-0.05, 0) is 12.1 Å². The van der Waals surface area contributed by atoms with E-state index in [0.29, 0.717) is 31.7 Å². The highest BCUT2D eigenvalue weighted by molar-refractivity contribution is 5.94. The molecule has 1 aromatic rings. The Morgan fingerprint density at radius 3 is 2.32 bits per heavy atom. The summed E-state index contributed by atoms with van der Waals surface area (Å²) < 4.78 is 0. The largest absolute Gasteiger partial charge is 0.339 e. The molecule has 1 aromatic heterocycles. The predicted octanol–water partition coefficient (Wildman–Crippen LogP) is 1.02. The number of hydrogen-bond donors (Lipinski definition) is 0. The van der Waals surface area contributed by atoms with E-state index >= 15 is 0 Å². The van der Waals surface area contributed by atoms with Crippen molar-refractivity contribution in [2.45, 2.75) is 13.8 Å². The first-order valence-electron chi connectivity index (χ1n) is 6.57. The van der Waals surface area contributed by atoms with Crippen LogP contribution in [0.25, 0.3) is 0 Å². The van der Waals surface area contributed by atoms with Crippen LogP contribution in [0.2, 0.25) is 0 Å². The zero-order valence-electron chi connectivity index (χ0n) is 11.4. The Morgan fingerprint density at radius 2 is 1.79 bits per heavy atom. The van der Waals surface area contributed by atoms with Crippen molar-refractivity contribution >= 4 is 11.8 Å². The number of nitrogens with zero attached hydrogens (tertiary/aromatic N) is 3. The molecule has 0 aliphatic carbocycles. The molecule has 0 N–H and O–H groups in total. The Kier molecular flexibility index (Phi) is 4.14. The molecule has 2 heterocycles. The number of rotatable bonds is 2. The third-order valence-electron chi connectivity index (χ3n) is 3.28. The average molecular weight is 261 g/mol. The summed E-state index contributed by atoms with van der Waals surface area (Å²) in [7, 11) is 0. The van der Waals surface area contributed by atoms with Crippen molar-refractivity contribution in [3.05, 3.63) is 30.1 Å². The number of pyridine rings is 1. The van der Waals surface area contributed by atoms with E-state index in [4.69, 9.17) is 0 Å². The third kappa shape index (κ3) is 3.10. The molecule has 0 radical (unpaired) electrons. The molecular weight excluding hydrogens is 242 g/mol. The standard InChI is InChI=1S/C14H19N3O2/c1-11(2)13(18)16-6-8-17(9-7-16)14(19)12-4-3-5-15-10-12/h3-5,10-11H,6-9H2,1-2H3. The highest BCUT2D eigenvalue weighted by Gasteiger charge is 2.25. The van der Waals surface area contributed by atoms with E-state index in [1.54, 1.807) is 29.4 Å². The van der Waals surface area contributed by atoms with Crippen LogP contribution in [0.5, 0.6) is 0 Å². The summed E-state index contributed by atoms with van der Waals surface area (Å²) in [6.45, 7) is 6.20. The second kappa shape index (κ2) is 5.82. The molecule has 0 bridgehead atoms. The lowest BCUT2D eigenvalue weighted by molar-refractivity contribution is -0.135. The van der Waals surface area contributed by atoms with E-state index in [2.05, 4.69) is 4.98 Å². The molecule has 1 fully saturated rings. The first kappa shape index (κ1) is 13.5. The van der Waals surface area contributed by atoms with Crippen LogP contribution in [0.15, 0.2) is 24.5 Å². The molecule has 1 aliphatic heterocycles. The van der Waals surface area contributed by atoms with Crippen molar-refractivity contribution in [2.24, 2.45) is 5.92 Å². The number of carbonyl (C=O) groups excluding carboxylic acids is 2. The van der Waals surface area contributed by atoms with Gasteiger partial charge in [0.15, 0.2) is 0 Å². The Balaban J connectivity index is 1.94. The van der Waals surface area contributed by atoms with Crippen LogP contribution < -0.4 is 0 Å². The van der Waals surface area contributed by atoms with Crippen molar-refractivity contribution in [1.82, 2.24) is 14.8 Å². The fourth-order valence-electron chi connectivity index (χ4n) is 2.17. The van der Waals surface area contributed by atoms with Crippen molar-refractivity contribution < 1.29 is 9.59 Å². The lowest BCUT2D eigenvalue weighted by Gasteiger charge is -2.35. The van der Waals surface area contributed by atoms with Gasteiger partial charge in [0.2, 0.25) is 5.91 Å². The number of amides is 2. The number of aromatic nitrogens is 1. The lowest BCUT2D eigenvalue weighted by atomic mass is 10.1. The Bertz CT molecular complexity index is 451. The van der Waals surface area contributed by atoms with Crippen molar-refractivity contribution in [3.63, 3.8) is 0 Å². The first-order valence-corrected chi connectivity index (χ1v) is 6.57. The summed E-state index contributed by atoms with van der Waals surface area (Å²) in [4.78, 5) is 31.6. The van der Waals surface area contributed by atoms with Gasteiger partial charge >= 0.3 is 0 Å². The van der Waals surface area contributed by atoms with E-state index in [0.717, 1.165) is 0 Å². The maximum Gasteiger partial charge on any atom is 0.255 e. The van der Waals surface area contributed by atoms with Gasteiger partial charge in [-0.1, -0.05) is 13.8 Å². The topological polar surface area (TPSA) is 53.5 Å². The van der Waals surface area contributed by atoms with Gasteiger partial charge in [0.1, 0.15) is 0 Å². The lowest BCUT2D eigenvalue weighted by Crippen LogP contribution is -2.51. The van der Waals surface area contributed by atoms with Crippen molar-refractivity contribution in [3.8, 4) is 0 Å². The molecule has 1 saturated heterocycles. The SMILES string of the molecule is CC(C)C(=O)N1CCN(C(=O)c2cccnc2)CC1. The molecule has 0 unspecified atom stereocenters. The monoisotopic (exact) mass is 261 g/mol. The minimum absolute atomic E-state index is 0.00949. The number of piperazine rings is 1. The molecule has 19 heavy (non-hydrogen) atoms. The summed E-state index contributed by atoms with van der Waals surface area (Å²) >= 11 is 0. The molecule has 2 rings (SSSR count). The molecule has 0 spiro atoms. The molecule has 5 nitrogen and oxygen atoms in total. The summed E-state index contributed by atoms with van der Waals surface area (Å²) in [5.74, 6) is 0.166. The fraction of sp³-hybridized carbons (Fsp3) is 0.500. The van der Waals surface area contributed by atoms with E-state index in [1.807, 2.05) is 18.7 Å². The first-order chi connectivity index (χ1) is 9.09. The highest BCUT2D eigenvalue weighted by Crippen LogP contribution is 2.10. The van der Waals surface area contributed by atoms with Gasteiger partial charge in [0.25, 0.3) is 5.91 Å². The fourth-order valence-corrected chi connectivity index (χ4v) is 2.17. The maximum absolute atomic E-state index is 12.2. The van der Waals surface area contributed by atoms with Crippen LogP contribution in [0.4, 0.5) is 0 Å². The molecule has 1 aliphatic rings. The minimum atomic E-state index is -0.00949. The van der Waals surface area contributed by atoms with Gasteiger partial charge in [0, 0.05) is 44.5 Å². The molecule has 5 heteroatoms. The van der Waals surface area contributed by atoms with Crippen LogP contribution >= 0.6 is 0 Å². The molecule has 0 atom stereocenters. The Labute approximate surface area is 113 Å². The molecular formula is C14H19N3O2. The molecule has 0 saturated carbocycles. The minimum Gasteiger partial charge on any atom is -0.339 e. The van der Waals surface area contributed by atoms with Crippen LogP contribution in [0.3, 0.4) is 0 Å². The molecule has 102 valence electrons. The van der Waals surface area contributed by atoms with E-state index in [1.165, 1.54) is 0 Å². The van der Waals surface area contributed by atoms with Crippen LogP contribution in [-0.4, -0.2) is 52.8 Å². The summed E-state index contributed by atoms with van der Waals surface area (Å²) in [5.41, 5.74) is 0.603. The van der Waals surface area contributed by atoms with Gasteiger partial charge in [-0.25, -0.2) is 0 Å². The van der Waals surface area contributed by atoms with Gasteiger partial charge in [-0.15, -0.1) is 0 Å². The van der Waals surface area contributed by atoms with E-state index in [-0.39, 0.29) is 17.7 Å². The van der Waals surface area contributed by atoms with E-state index in [9.17, 15) is 9.59 Å². The summed E-state index contributed by atoms with van der Waals surface area (Å²) in [5, 5.41) is 0. The second-order valence-corrected chi connectivity index (χ2v) is 5.01. The molecule has 2 amide bonds. The normalized spacial score (nSPS) is 15.7. The summed E-state index contributed by atoms with van der Waals surface area (Å²) in [6, 6.07) is 3.52. The predicted molar refractivity (Wildman–Crippen MR) is 71.6 cm³/mol. The Hall–Kier alpha value is -1.91. The van der Waals surface area contributed by atoms with Crippen LogP contribution in [-0.2, 0) is 4.79 Å². The highest BCUT2D eigenvalue weighted by atomic mass is 16.2. The van der Waals surface area contributed by atoms with E-state index < -0.39 is 0 Å². The number of hydrogen-bond acceptors (Lipinski definition) is 3. The van der Waals surface area contributed by atoms with Gasteiger partial charge in [-0.3, -0.25) is 14.6 Å². The van der Waals surface area contributed by atoms with Crippen LogP contribution in [0.1, 0.15) is 24.2 Å². The quantitative estimate of drug-likeness (QED) is 0.798. The number of carbonyl (C=O) groups is 2. The maximum atomic E-state index is 12.2. The van der Waals surface area contributed by atoms with Crippen molar-refractivity contribution in [2.75, 3.05) is 26.2 Å². The van der Waals surface area contributed by atoms with Crippen molar-refractivity contribution in [1.29, 1.82) is 0 Å². The average Bonchev–Trinajstić information content (AvgIpc) is 2.46. The van der Waals surface area contributed by atoms with Gasteiger partial charge in [-0.2, -0.15) is 0 Å². The Morgan fingerprint density at radius 1 is 1.16 bits per heavy atom. The third-order valence-corrected chi connectivity index (χ3v) is 3.28. The summed E-state index contributed by atoms with van der Waals surface area (Å²) in [6.07, 6.45) is 3.23.